The lowest BCUT2D eigenvalue weighted by Crippen LogP contribution is -2.53. The number of carbonyl (C=O) groups is 2. The quantitative estimate of drug-likeness (QED) is 0.609. The summed E-state index contributed by atoms with van der Waals surface area (Å²) >= 11 is 0. The summed E-state index contributed by atoms with van der Waals surface area (Å²) in [5.41, 5.74) is 0.870. The molecule has 3 aromatic rings. The fraction of sp³-hybridized carbons (Fsp3) is 0.350. The van der Waals surface area contributed by atoms with Crippen molar-refractivity contribution in [2.45, 2.75) is 19.1 Å². The van der Waals surface area contributed by atoms with Gasteiger partial charge in [0.25, 0.3) is 11.8 Å². The van der Waals surface area contributed by atoms with E-state index in [0.717, 1.165) is 0 Å². The molecule has 0 unspecified atom stereocenters. The molecule has 0 saturated carbocycles. The molecule has 13 heteroatoms. The SMILES string of the molecule is Cc1oncc1C(=O)N1CCOC[C@H]1CNC(=O)c1ccc(-c2noc(C(F)(F)F)n2)cc1. The molecule has 1 aliphatic heterocycles. The van der Waals surface area contributed by atoms with Crippen LogP contribution in [0.15, 0.2) is 39.5 Å². The third-order valence-electron chi connectivity index (χ3n) is 5.04. The van der Waals surface area contributed by atoms with Crippen LogP contribution >= 0.6 is 0 Å². The first kappa shape index (κ1) is 22.5. The predicted molar refractivity (Wildman–Crippen MR) is 104 cm³/mol. The highest BCUT2D eigenvalue weighted by Gasteiger charge is 2.38. The first-order valence-electron chi connectivity index (χ1n) is 9.83. The Morgan fingerprint density at radius 2 is 1.97 bits per heavy atom. The molecule has 1 fully saturated rings. The number of hydrogen-bond acceptors (Lipinski definition) is 8. The molecule has 1 aromatic carbocycles. The van der Waals surface area contributed by atoms with Gasteiger partial charge in [-0.3, -0.25) is 9.59 Å². The predicted octanol–water partition coefficient (Wildman–Crippen LogP) is 2.32. The van der Waals surface area contributed by atoms with Gasteiger partial charge in [0.05, 0.1) is 25.5 Å². The number of aryl methyl sites for hydroxylation is 1. The normalized spacial score (nSPS) is 16.6. The molecule has 0 radical (unpaired) electrons. The molecule has 33 heavy (non-hydrogen) atoms. The average molecular weight is 465 g/mol. The fourth-order valence-electron chi connectivity index (χ4n) is 3.29. The number of aromatic nitrogens is 3. The molecule has 1 atom stereocenters. The Hall–Kier alpha value is -3.74. The van der Waals surface area contributed by atoms with E-state index in [0.29, 0.717) is 24.5 Å². The molecular weight excluding hydrogens is 447 g/mol. The van der Waals surface area contributed by atoms with Gasteiger partial charge in [-0.2, -0.15) is 18.2 Å². The number of carbonyl (C=O) groups excluding carboxylic acids is 2. The van der Waals surface area contributed by atoms with E-state index in [9.17, 15) is 22.8 Å². The van der Waals surface area contributed by atoms with Crippen molar-refractivity contribution in [3.05, 3.63) is 53.2 Å². The summed E-state index contributed by atoms with van der Waals surface area (Å²) in [5.74, 6) is -1.98. The van der Waals surface area contributed by atoms with Crippen LogP contribution in [0.5, 0.6) is 0 Å². The van der Waals surface area contributed by atoms with Gasteiger partial charge >= 0.3 is 12.1 Å². The van der Waals surface area contributed by atoms with Crippen LogP contribution < -0.4 is 5.32 Å². The number of rotatable bonds is 5. The molecule has 3 heterocycles. The van der Waals surface area contributed by atoms with Crippen molar-refractivity contribution < 1.29 is 36.5 Å². The van der Waals surface area contributed by atoms with Crippen LogP contribution in [-0.2, 0) is 10.9 Å². The van der Waals surface area contributed by atoms with E-state index >= 15 is 0 Å². The van der Waals surface area contributed by atoms with Crippen LogP contribution in [0.4, 0.5) is 13.2 Å². The molecule has 174 valence electrons. The lowest BCUT2D eigenvalue weighted by molar-refractivity contribution is -0.159. The minimum atomic E-state index is -4.74. The molecule has 0 spiro atoms. The van der Waals surface area contributed by atoms with Crippen LogP contribution in [0, 0.1) is 6.92 Å². The zero-order valence-electron chi connectivity index (χ0n) is 17.3. The van der Waals surface area contributed by atoms with Gasteiger partial charge in [-0.15, -0.1) is 0 Å². The number of nitrogens with zero attached hydrogens (tertiary/aromatic N) is 4. The lowest BCUT2D eigenvalue weighted by Gasteiger charge is -2.35. The number of alkyl halides is 3. The number of ether oxygens (including phenoxy) is 1. The Morgan fingerprint density at radius 3 is 2.61 bits per heavy atom. The number of hydrogen-bond donors (Lipinski definition) is 1. The van der Waals surface area contributed by atoms with Crippen LogP contribution in [-0.4, -0.2) is 64.4 Å². The van der Waals surface area contributed by atoms with Gasteiger partial charge in [-0.05, 0) is 19.1 Å². The molecule has 4 rings (SSSR count). The Balaban J connectivity index is 1.39. The maximum Gasteiger partial charge on any atom is 0.471 e. The summed E-state index contributed by atoms with van der Waals surface area (Å²) in [5, 5.41) is 9.68. The van der Waals surface area contributed by atoms with Crippen molar-refractivity contribution in [2.75, 3.05) is 26.3 Å². The topological polar surface area (TPSA) is 124 Å². The second-order valence-corrected chi connectivity index (χ2v) is 7.23. The van der Waals surface area contributed by atoms with Crippen molar-refractivity contribution in [3.63, 3.8) is 0 Å². The molecule has 1 N–H and O–H groups in total. The van der Waals surface area contributed by atoms with E-state index in [1.807, 2.05) is 0 Å². The Kier molecular flexibility index (Phi) is 6.14. The third kappa shape index (κ3) is 4.87. The van der Waals surface area contributed by atoms with Gasteiger partial charge in [0.1, 0.15) is 11.3 Å². The number of amides is 2. The standard InChI is InChI=1S/C20H18F3N5O5/c1-11-15(9-25-32-11)18(30)28-6-7-31-10-14(28)8-24-17(29)13-4-2-12(3-5-13)16-26-19(33-27-16)20(21,22)23/h2-5,9,14H,6-8,10H2,1H3,(H,24,29)/t14-/m1/s1. The van der Waals surface area contributed by atoms with Gasteiger partial charge in [-0.1, -0.05) is 22.4 Å². The molecule has 2 aromatic heterocycles. The summed E-state index contributed by atoms with van der Waals surface area (Å²) < 4.78 is 52.5. The highest BCUT2D eigenvalue weighted by Crippen LogP contribution is 2.29. The van der Waals surface area contributed by atoms with E-state index in [-0.39, 0.29) is 36.0 Å². The highest BCUT2D eigenvalue weighted by atomic mass is 19.4. The van der Waals surface area contributed by atoms with E-state index < -0.39 is 24.0 Å². The van der Waals surface area contributed by atoms with Crippen molar-refractivity contribution in [1.82, 2.24) is 25.5 Å². The monoisotopic (exact) mass is 465 g/mol. The lowest BCUT2D eigenvalue weighted by atomic mass is 10.1. The van der Waals surface area contributed by atoms with E-state index in [4.69, 9.17) is 9.26 Å². The van der Waals surface area contributed by atoms with Crippen molar-refractivity contribution in [1.29, 1.82) is 0 Å². The van der Waals surface area contributed by atoms with Crippen LogP contribution in [0.1, 0.15) is 32.4 Å². The first-order chi connectivity index (χ1) is 15.7. The van der Waals surface area contributed by atoms with Crippen LogP contribution in [0.2, 0.25) is 0 Å². The number of halogens is 3. The first-order valence-corrected chi connectivity index (χ1v) is 9.83. The summed E-state index contributed by atoms with van der Waals surface area (Å²) in [6, 6.07) is 5.27. The zero-order valence-corrected chi connectivity index (χ0v) is 17.3. The minimum Gasteiger partial charge on any atom is -0.377 e. The molecule has 1 saturated heterocycles. The van der Waals surface area contributed by atoms with Gasteiger partial charge < -0.3 is 24.0 Å². The Bertz CT molecular complexity index is 1140. The molecular formula is C20H18F3N5O5. The smallest absolute Gasteiger partial charge is 0.377 e. The maximum atomic E-state index is 12.8. The maximum absolute atomic E-state index is 12.8. The third-order valence-corrected chi connectivity index (χ3v) is 5.04. The largest absolute Gasteiger partial charge is 0.471 e. The van der Waals surface area contributed by atoms with Gasteiger partial charge in [0.15, 0.2) is 0 Å². The van der Waals surface area contributed by atoms with Gasteiger partial charge in [0.2, 0.25) is 5.82 Å². The average Bonchev–Trinajstić information content (AvgIpc) is 3.47. The fourth-order valence-corrected chi connectivity index (χ4v) is 3.29. The van der Waals surface area contributed by atoms with E-state index in [1.54, 1.807) is 11.8 Å². The molecule has 1 aliphatic rings. The number of benzene rings is 1. The summed E-state index contributed by atoms with van der Waals surface area (Å²) in [4.78, 5) is 30.3. The second-order valence-electron chi connectivity index (χ2n) is 7.23. The zero-order chi connectivity index (χ0) is 23.6. The van der Waals surface area contributed by atoms with Crippen LogP contribution in [0.3, 0.4) is 0 Å². The molecule has 0 bridgehead atoms. The van der Waals surface area contributed by atoms with Crippen molar-refractivity contribution in [2.24, 2.45) is 0 Å². The Morgan fingerprint density at radius 1 is 1.21 bits per heavy atom. The van der Waals surface area contributed by atoms with Crippen LogP contribution in [0.25, 0.3) is 11.4 Å². The van der Waals surface area contributed by atoms with Crippen molar-refractivity contribution in [3.8, 4) is 11.4 Å². The number of morpholine rings is 1. The van der Waals surface area contributed by atoms with E-state index in [2.05, 4.69) is 25.1 Å². The summed E-state index contributed by atoms with van der Waals surface area (Å²) in [6.45, 7) is 2.74. The van der Waals surface area contributed by atoms with Gasteiger partial charge in [-0.25, -0.2) is 0 Å². The van der Waals surface area contributed by atoms with E-state index in [1.165, 1.54) is 30.5 Å². The molecule has 2 amide bonds. The second kappa shape index (κ2) is 9.02. The number of nitrogens with one attached hydrogen (secondary N) is 1. The summed E-state index contributed by atoms with van der Waals surface area (Å²) in [6.07, 6.45) is -3.39. The Labute approximate surface area is 184 Å². The van der Waals surface area contributed by atoms with Gasteiger partial charge in [0, 0.05) is 24.2 Å². The molecule has 10 nitrogen and oxygen atoms in total. The highest BCUT2D eigenvalue weighted by molar-refractivity contribution is 5.96. The van der Waals surface area contributed by atoms with Crippen molar-refractivity contribution >= 4 is 11.8 Å². The summed E-state index contributed by atoms with van der Waals surface area (Å²) in [7, 11) is 0. The molecule has 0 aliphatic carbocycles. The minimum absolute atomic E-state index is 0.135.